The number of fused-ring (bicyclic) bond motifs is 2. The summed E-state index contributed by atoms with van der Waals surface area (Å²) in [6.45, 7) is 8.32. The molecule has 5 rings (SSSR count). The molecule has 0 atom stereocenters. The molecule has 5 heteroatoms. The summed E-state index contributed by atoms with van der Waals surface area (Å²) in [7, 11) is 0. The Labute approximate surface area is 187 Å². The average Bonchev–Trinajstić information content (AvgIpc) is 3.06. The number of para-hydroxylation sites is 2. The molecule has 3 aromatic carbocycles. The standard InChI is InChI=1S/C27H25N5/c1-17-13-14-26(18(2)15-17)32-20(4)23(19(3)31-32)16-28-30-27-21-9-5-7-11-24(21)29-25-12-8-6-10-22(25)27/h5-16H,1-4H3,(H,29,30)/b28-16+. The first-order valence-electron chi connectivity index (χ1n) is 10.7. The van der Waals surface area contributed by atoms with Crippen LogP contribution in [0.4, 0.5) is 5.69 Å². The lowest BCUT2D eigenvalue weighted by atomic mass is 10.1. The first-order chi connectivity index (χ1) is 15.5. The van der Waals surface area contributed by atoms with Crippen molar-refractivity contribution in [2.24, 2.45) is 5.10 Å². The van der Waals surface area contributed by atoms with Gasteiger partial charge >= 0.3 is 0 Å². The van der Waals surface area contributed by atoms with Gasteiger partial charge < -0.3 is 0 Å². The number of hydrazone groups is 1. The van der Waals surface area contributed by atoms with Gasteiger partial charge in [-0.15, -0.1) is 0 Å². The lowest BCUT2D eigenvalue weighted by Crippen LogP contribution is -2.02. The molecule has 0 radical (unpaired) electrons. The Morgan fingerprint density at radius 1 is 0.844 bits per heavy atom. The number of anilines is 1. The van der Waals surface area contributed by atoms with Gasteiger partial charge in [-0.25, -0.2) is 9.67 Å². The number of aryl methyl sites for hydroxylation is 3. The van der Waals surface area contributed by atoms with E-state index in [9.17, 15) is 0 Å². The fourth-order valence-corrected chi connectivity index (χ4v) is 4.24. The Morgan fingerprint density at radius 3 is 2.16 bits per heavy atom. The largest absolute Gasteiger partial charge is 0.277 e. The third-order valence-corrected chi connectivity index (χ3v) is 5.89. The number of hydrogen-bond donors (Lipinski definition) is 1. The van der Waals surface area contributed by atoms with Crippen LogP contribution in [0.1, 0.15) is 28.1 Å². The van der Waals surface area contributed by atoms with E-state index < -0.39 is 0 Å². The molecular weight excluding hydrogens is 394 g/mol. The molecule has 0 aliphatic heterocycles. The summed E-state index contributed by atoms with van der Waals surface area (Å²) in [5.41, 5.74) is 12.7. The second kappa shape index (κ2) is 7.93. The Kier molecular flexibility index (Phi) is 4.94. The van der Waals surface area contributed by atoms with Crippen molar-refractivity contribution in [3.63, 3.8) is 0 Å². The number of nitrogens with one attached hydrogen (secondary N) is 1. The molecular formula is C27H25N5. The van der Waals surface area contributed by atoms with E-state index in [4.69, 9.17) is 10.1 Å². The van der Waals surface area contributed by atoms with Crippen LogP contribution in [-0.4, -0.2) is 21.0 Å². The summed E-state index contributed by atoms with van der Waals surface area (Å²) in [6, 6.07) is 22.7. The fraction of sp³-hybridized carbons (Fsp3) is 0.148. The van der Waals surface area contributed by atoms with E-state index in [2.05, 4.69) is 61.6 Å². The van der Waals surface area contributed by atoms with Crippen LogP contribution in [0.25, 0.3) is 27.5 Å². The van der Waals surface area contributed by atoms with Gasteiger partial charge in [0.1, 0.15) is 0 Å². The van der Waals surface area contributed by atoms with Crippen molar-refractivity contribution in [3.05, 3.63) is 94.8 Å². The summed E-state index contributed by atoms with van der Waals surface area (Å²) < 4.78 is 2.00. The molecule has 0 amide bonds. The summed E-state index contributed by atoms with van der Waals surface area (Å²) >= 11 is 0. The summed E-state index contributed by atoms with van der Waals surface area (Å²) in [4.78, 5) is 4.78. The van der Waals surface area contributed by atoms with Crippen LogP contribution in [0.15, 0.2) is 71.8 Å². The fourth-order valence-electron chi connectivity index (χ4n) is 4.24. The molecule has 32 heavy (non-hydrogen) atoms. The molecule has 0 aliphatic rings. The van der Waals surface area contributed by atoms with Gasteiger partial charge in [-0.2, -0.15) is 10.2 Å². The SMILES string of the molecule is Cc1ccc(-n2nc(C)c(/C=N/Nc3c4ccccc4nc4ccccc34)c2C)c(C)c1. The molecule has 5 aromatic rings. The van der Waals surface area contributed by atoms with E-state index in [-0.39, 0.29) is 0 Å². The van der Waals surface area contributed by atoms with E-state index in [1.165, 1.54) is 11.1 Å². The lowest BCUT2D eigenvalue weighted by molar-refractivity contribution is 0.827. The quantitative estimate of drug-likeness (QED) is 0.213. The summed E-state index contributed by atoms with van der Waals surface area (Å²) in [5, 5.41) is 11.5. The molecule has 0 fully saturated rings. The Hall–Kier alpha value is -3.99. The van der Waals surface area contributed by atoms with E-state index in [0.717, 1.165) is 50.1 Å². The van der Waals surface area contributed by atoms with Crippen LogP contribution >= 0.6 is 0 Å². The van der Waals surface area contributed by atoms with Gasteiger partial charge in [0.2, 0.25) is 0 Å². The third-order valence-electron chi connectivity index (χ3n) is 5.89. The molecule has 2 aromatic heterocycles. The van der Waals surface area contributed by atoms with Crippen LogP contribution in [0, 0.1) is 27.7 Å². The van der Waals surface area contributed by atoms with Crippen LogP contribution in [0.3, 0.4) is 0 Å². The Balaban J connectivity index is 1.54. The van der Waals surface area contributed by atoms with Crippen molar-refractivity contribution in [3.8, 4) is 5.69 Å². The predicted octanol–water partition coefficient (Wildman–Crippen LogP) is 6.25. The molecule has 0 bridgehead atoms. The van der Waals surface area contributed by atoms with Gasteiger partial charge in [0, 0.05) is 16.3 Å². The van der Waals surface area contributed by atoms with E-state index in [1.54, 1.807) is 0 Å². The highest BCUT2D eigenvalue weighted by molar-refractivity contribution is 6.07. The minimum atomic E-state index is 0.942. The van der Waals surface area contributed by atoms with Gasteiger partial charge in [0.15, 0.2) is 0 Å². The van der Waals surface area contributed by atoms with Crippen LogP contribution < -0.4 is 5.43 Å². The zero-order chi connectivity index (χ0) is 22.2. The van der Waals surface area contributed by atoms with Crippen molar-refractivity contribution < 1.29 is 0 Å². The maximum atomic E-state index is 4.78. The molecule has 0 aliphatic carbocycles. The zero-order valence-corrected chi connectivity index (χ0v) is 18.7. The Morgan fingerprint density at radius 2 is 1.50 bits per heavy atom. The number of aromatic nitrogens is 3. The second-order valence-electron chi connectivity index (χ2n) is 8.18. The first kappa shape index (κ1) is 19.9. The lowest BCUT2D eigenvalue weighted by Gasteiger charge is -2.10. The number of pyridine rings is 1. The highest BCUT2D eigenvalue weighted by atomic mass is 15.3. The number of hydrogen-bond acceptors (Lipinski definition) is 4. The maximum Gasteiger partial charge on any atom is 0.0749 e. The van der Waals surface area contributed by atoms with Crippen molar-refractivity contribution in [2.75, 3.05) is 5.43 Å². The number of nitrogens with zero attached hydrogens (tertiary/aromatic N) is 4. The first-order valence-corrected chi connectivity index (χ1v) is 10.7. The normalized spacial score (nSPS) is 11.6. The van der Waals surface area contributed by atoms with Gasteiger partial charge in [0.25, 0.3) is 0 Å². The van der Waals surface area contributed by atoms with E-state index in [1.807, 2.05) is 54.2 Å². The maximum absolute atomic E-state index is 4.78. The van der Waals surface area contributed by atoms with Gasteiger partial charge in [0.05, 0.1) is 40.0 Å². The summed E-state index contributed by atoms with van der Waals surface area (Å²) in [6.07, 6.45) is 1.86. The molecule has 0 spiro atoms. The molecule has 158 valence electrons. The van der Waals surface area contributed by atoms with E-state index in [0.29, 0.717) is 0 Å². The number of rotatable bonds is 4. The topological polar surface area (TPSA) is 55.1 Å². The average molecular weight is 420 g/mol. The minimum Gasteiger partial charge on any atom is -0.277 e. The molecule has 5 nitrogen and oxygen atoms in total. The molecule has 0 saturated heterocycles. The van der Waals surface area contributed by atoms with Gasteiger partial charge in [-0.1, -0.05) is 54.1 Å². The third kappa shape index (κ3) is 3.42. The molecule has 0 unspecified atom stereocenters. The van der Waals surface area contributed by atoms with Crippen molar-refractivity contribution in [1.82, 2.24) is 14.8 Å². The van der Waals surface area contributed by atoms with Gasteiger partial charge in [-0.05, 0) is 51.5 Å². The van der Waals surface area contributed by atoms with Crippen LogP contribution in [0.5, 0.6) is 0 Å². The van der Waals surface area contributed by atoms with Crippen LogP contribution in [0.2, 0.25) is 0 Å². The second-order valence-corrected chi connectivity index (χ2v) is 8.18. The monoisotopic (exact) mass is 419 g/mol. The minimum absolute atomic E-state index is 0.942. The molecule has 2 heterocycles. The summed E-state index contributed by atoms with van der Waals surface area (Å²) in [5.74, 6) is 0. The molecule has 0 saturated carbocycles. The van der Waals surface area contributed by atoms with Crippen molar-refractivity contribution in [1.29, 1.82) is 0 Å². The van der Waals surface area contributed by atoms with Crippen LogP contribution in [-0.2, 0) is 0 Å². The Bertz CT molecular complexity index is 1440. The molecule has 1 N–H and O–H groups in total. The number of benzene rings is 3. The van der Waals surface area contributed by atoms with Crippen molar-refractivity contribution in [2.45, 2.75) is 27.7 Å². The van der Waals surface area contributed by atoms with E-state index >= 15 is 0 Å². The smallest absolute Gasteiger partial charge is 0.0749 e. The van der Waals surface area contributed by atoms with Crippen molar-refractivity contribution >= 4 is 33.7 Å². The highest BCUT2D eigenvalue weighted by Crippen LogP contribution is 2.30. The zero-order valence-electron chi connectivity index (χ0n) is 18.7. The predicted molar refractivity (Wildman–Crippen MR) is 133 cm³/mol. The highest BCUT2D eigenvalue weighted by Gasteiger charge is 2.13. The van der Waals surface area contributed by atoms with Gasteiger partial charge in [-0.3, -0.25) is 5.43 Å².